The first-order chi connectivity index (χ1) is 25.6. The predicted molar refractivity (Wildman–Crippen MR) is 223 cm³/mol. The first kappa shape index (κ1) is 48.8. The molecule has 0 radical (unpaired) electrons. The minimum Gasteiger partial charge on any atom is -0.461 e. The summed E-state index contributed by atoms with van der Waals surface area (Å²) in [6.45, 7) is 7.40. The van der Waals surface area contributed by atoms with Gasteiger partial charge in [0, 0.05) is 13.0 Å². The number of esters is 2. The highest BCUT2D eigenvalue weighted by atomic mass is 16.6. The highest BCUT2D eigenvalue weighted by Gasteiger charge is 2.17. The van der Waals surface area contributed by atoms with Crippen molar-refractivity contribution in [3.05, 3.63) is 97.2 Å². The summed E-state index contributed by atoms with van der Waals surface area (Å²) in [5.74, 6) is -0.576. The molecule has 1 unspecified atom stereocenters. The molecule has 0 amide bonds. The van der Waals surface area contributed by atoms with Crippen molar-refractivity contribution in [1.29, 1.82) is 0 Å². The Morgan fingerprint density at radius 1 is 0.462 bits per heavy atom. The molecular weight excluding hydrogens is 645 g/mol. The Morgan fingerprint density at radius 2 is 0.923 bits per heavy atom. The second-order valence-electron chi connectivity index (χ2n) is 13.2. The zero-order valence-electron chi connectivity index (χ0n) is 33.5. The Kier molecular flexibility index (Phi) is 39.7. The normalized spacial score (nSPS) is 13.2. The van der Waals surface area contributed by atoms with E-state index in [-0.39, 0.29) is 31.6 Å². The fourth-order valence-electron chi connectivity index (χ4n) is 5.12. The lowest BCUT2D eigenvalue weighted by molar-refractivity contribution is -0.162. The summed E-state index contributed by atoms with van der Waals surface area (Å²) in [4.78, 5) is 25.0. The van der Waals surface area contributed by atoms with Gasteiger partial charge < -0.3 is 14.2 Å². The number of carbonyl (C=O) groups excluding carboxylic acids is 2. The van der Waals surface area contributed by atoms with Crippen molar-refractivity contribution in [2.45, 2.75) is 168 Å². The number of hydrogen-bond donors (Lipinski definition) is 0. The third-order valence-electron chi connectivity index (χ3n) is 8.15. The molecule has 5 heteroatoms. The maximum absolute atomic E-state index is 12.6. The molecule has 0 heterocycles. The number of hydrogen-bond acceptors (Lipinski definition) is 5. The molecule has 0 fully saturated rings. The Bertz CT molecular complexity index is 1040. The monoisotopic (exact) mass is 721 g/mol. The standard InChI is InChI=1S/C47H76O5/c1-4-7-10-13-16-18-20-22-24-26-28-30-32-34-37-40-46(48)51-44-45(43-50-42-39-36-15-12-9-6-3)52-47(49)41-38-35-33-31-29-27-25-23-21-19-17-14-11-8-5-2/h7-8,10-11,16-19,22-25,28,30,34,37,45H,4-6,9,12-15,20-21,26-27,29,31-33,35-36,38-44H2,1-3H3/b10-7-,11-8-,18-16-,19-17-,24-22-,25-23-,30-28-,37-34-. The molecule has 0 N–H and O–H groups in total. The maximum atomic E-state index is 12.6. The molecule has 0 aromatic carbocycles. The molecule has 1 atom stereocenters. The summed E-state index contributed by atoms with van der Waals surface area (Å²) in [7, 11) is 0. The van der Waals surface area contributed by atoms with Crippen LogP contribution in [0.15, 0.2) is 97.2 Å². The molecule has 294 valence electrons. The average molecular weight is 721 g/mol. The Labute approximate surface area is 320 Å². The second kappa shape index (κ2) is 42.2. The van der Waals surface area contributed by atoms with Crippen LogP contribution >= 0.6 is 0 Å². The van der Waals surface area contributed by atoms with E-state index in [0.29, 0.717) is 13.0 Å². The summed E-state index contributed by atoms with van der Waals surface area (Å²) in [5.41, 5.74) is 0. The maximum Gasteiger partial charge on any atom is 0.309 e. The lowest BCUT2D eigenvalue weighted by atomic mass is 10.1. The molecule has 52 heavy (non-hydrogen) atoms. The molecule has 0 aromatic heterocycles. The molecule has 0 rings (SSSR count). The van der Waals surface area contributed by atoms with Gasteiger partial charge in [0.15, 0.2) is 6.10 Å². The number of allylic oxidation sites excluding steroid dienone is 15. The van der Waals surface area contributed by atoms with Gasteiger partial charge in [-0.3, -0.25) is 9.59 Å². The van der Waals surface area contributed by atoms with Crippen LogP contribution in [0.1, 0.15) is 162 Å². The van der Waals surface area contributed by atoms with Crippen LogP contribution in [0, 0.1) is 0 Å². The van der Waals surface area contributed by atoms with Crippen molar-refractivity contribution in [1.82, 2.24) is 0 Å². The van der Waals surface area contributed by atoms with E-state index in [4.69, 9.17) is 14.2 Å². The summed E-state index contributed by atoms with van der Waals surface area (Å²) in [6, 6.07) is 0. The molecule has 0 aromatic rings. The first-order valence-corrected chi connectivity index (χ1v) is 20.8. The van der Waals surface area contributed by atoms with E-state index >= 15 is 0 Å². The van der Waals surface area contributed by atoms with Crippen LogP contribution < -0.4 is 0 Å². The predicted octanol–water partition coefficient (Wildman–Crippen LogP) is 13.5. The van der Waals surface area contributed by atoms with Gasteiger partial charge in [-0.05, 0) is 77.0 Å². The largest absolute Gasteiger partial charge is 0.461 e. The first-order valence-electron chi connectivity index (χ1n) is 20.8. The number of carbonyl (C=O) groups is 2. The van der Waals surface area contributed by atoms with Gasteiger partial charge in [-0.2, -0.15) is 0 Å². The van der Waals surface area contributed by atoms with Crippen LogP contribution in [0.3, 0.4) is 0 Å². The van der Waals surface area contributed by atoms with Crippen molar-refractivity contribution in [3.8, 4) is 0 Å². The zero-order valence-corrected chi connectivity index (χ0v) is 33.5. The van der Waals surface area contributed by atoms with Crippen LogP contribution in [-0.2, 0) is 23.8 Å². The van der Waals surface area contributed by atoms with Gasteiger partial charge in [0.05, 0.1) is 13.0 Å². The van der Waals surface area contributed by atoms with Gasteiger partial charge in [-0.25, -0.2) is 0 Å². The molecule has 0 spiro atoms. The van der Waals surface area contributed by atoms with Crippen LogP contribution in [0.25, 0.3) is 0 Å². The van der Waals surface area contributed by atoms with E-state index in [0.717, 1.165) is 89.9 Å². The third-order valence-corrected chi connectivity index (χ3v) is 8.15. The van der Waals surface area contributed by atoms with E-state index in [1.54, 1.807) is 0 Å². The van der Waals surface area contributed by atoms with Crippen molar-refractivity contribution in [3.63, 3.8) is 0 Å². The molecule has 0 saturated carbocycles. The van der Waals surface area contributed by atoms with Crippen LogP contribution in [0.2, 0.25) is 0 Å². The Hall–Kier alpha value is -3.18. The Balaban J connectivity index is 4.34. The van der Waals surface area contributed by atoms with E-state index < -0.39 is 6.10 Å². The van der Waals surface area contributed by atoms with E-state index in [1.165, 1.54) is 38.5 Å². The van der Waals surface area contributed by atoms with Gasteiger partial charge in [-0.1, -0.05) is 169 Å². The second-order valence-corrected chi connectivity index (χ2v) is 13.2. The fraction of sp³-hybridized carbons (Fsp3) is 0.617. The van der Waals surface area contributed by atoms with Gasteiger partial charge in [-0.15, -0.1) is 0 Å². The number of unbranched alkanes of at least 4 members (excludes halogenated alkanes) is 10. The van der Waals surface area contributed by atoms with Crippen molar-refractivity contribution < 1.29 is 23.8 Å². The highest BCUT2D eigenvalue weighted by Crippen LogP contribution is 2.11. The highest BCUT2D eigenvalue weighted by molar-refractivity contribution is 5.71. The topological polar surface area (TPSA) is 61.8 Å². The van der Waals surface area contributed by atoms with Crippen LogP contribution in [-0.4, -0.2) is 37.9 Å². The summed E-state index contributed by atoms with van der Waals surface area (Å²) < 4.78 is 17.0. The number of rotatable bonds is 36. The molecule has 5 nitrogen and oxygen atoms in total. The van der Waals surface area contributed by atoms with Crippen molar-refractivity contribution >= 4 is 11.9 Å². The molecular formula is C47H76O5. The summed E-state index contributed by atoms with van der Waals surface area (Å²) >= 11 is 0. The van der Waals surface area contributed by atoms with Gasteiger partial charge in [0.1, 0.15) is 6.61 Å². The average Bonchev–Trinajstić information content (AvgIpc) is 3.14. The van der Waals surface area contributed by atoms with E-state index in [2.05, 4.69) is 106 Å². The lowest BCUT2D eigenvalue weighted by Crippen LogP contribution is -2.30. The van der Waals surface area contributed by atoms with Gasteiger partial charge in [0.25, 0.3) is 0 Å². The molecule has 0 aliphatic heterocycles. The zero-order chi connectivity index (χ0) is 37.8. The van der Waals surface area contributed by atoms with Crippen molar-refractivity contribution in [2.75, 3.05) is 19.8 Å². The fourth-order valence-corrected chi connectivity index (χ4v) is 5.12. The quantitative estimate of drug-likeness (QED) is 0.0366. The Morgan fingerprint density at radius 3 is 1.48 bits per heavy atom. The van der Waals surface area contributed by atoms with Crippen LogP contribution in [0.5, 0.6) is 0 Å². The molecule has 0 saturated heterocycles. The van der Waals surface area contributed by atoms with E-state index in [1.807, 2.05) is 12.2 Å². The van der Waals surface area contributed by atoms with Crippen LogP contribution in [0.4, 0.5) is 0 Å². The third kappa shape index (κ3) is 39.6. The van der Waals surface area contributed by atoms with Gasteiger partial charge in [0.2, 0.25) is 0 Å². The van der Waals surface area contributed by atoms with E-state index in [9.17, 15) is 9.59 Å². The minimum atomic E-state index is -0.584. The molecule has 0 aliphatic carbocycles. The van der Waals surface area contributed by atoms with Gasteiger partial charge >= 0.3 is 11.9 Å². The minimum absolute atomic E-state index is 0.0188. The van der Waals surface area contributed by atoms with Crippen molar-refractivity contribution in [2.24, 2.45) is 0 Å². The number of ether oxygens (including phenoxy) is 3. The smallest absolute Gasteiger partial charge is 0.309 e. The summed E-state index contributed by atoms with van der Waals surface area (Å²) in [5, 5.41) is 0. The molecule has 0 aliphatic rings. The summed E-state index contributed by atoms with van der Waals surface area (Å²) in [6.07, 6.45) is 55.8. The molecule has 0 bridgehead atoms. The lowest BCUT2D eigenvalue weighted by Gasteiger charge is -2.18. The SMILES string of the molecule is CC/C=C\C/C=C\C/C=C\C/C=C\C/C=C\CC(=O)OCC(COCCCCCCCC)OC(=O)CCCCCCC/C=C\C/C=C\C/C=C\CC.